The second-order valence-electron chi connectivity index (χ2n) is 10.9. The van der Waals surface area contributed by atoms with E-state index in [0.29, 0.717) is 12.8 Å². The summed E-state index contributed by atoms with van der Waals surface area (Å²) >= 11 is 0. The van der Waals surface area contributed by atoms with Gasteiger partial charge in [-0.05, 0) is 44.9 Å². The van der Waals surface area contributed by atoms with E-state index in [-0.39, 0.29) is 25.2 Å². The second-order valence-corrected chi connectivity index (χ2v) is 10.9. The number of rotatable bonds is 29. The molecule has 1 N–H and O–H groups in total. The molecule has 0 amide bonds. The third kappa shape index (κ3) is 29.2. The van der Waals surface area contributed by atoms with Crippen LogP contribution < -0.4 is 0 Å². The first-order valence-electron chi connectivity index (χ1n) is 16.4. The zero-order chi connectivity index (χ0) is 28.7. The summed E-state index contributed by atoms with van der Waals surface area (Å²) in [4.78, 5) is 24.0. The van der Waals surface area contributed by atoms with Gasteiger partial charge in [0.1, 0.15) is 6.61 Å². The molecule has 0 radical (unpaired) electrons. The van der Waals surface area contributed by atoms with Crippen molar-refractivity contribution in [2.24, 2.45) is 0 Å². The van der Waals surface area contributed by atoms with Gasteiger partial charge < -0.3 is 14.6 Å². The third-order valence-corrected chi connectivity index (χ3v) is 7.00. The van der Waals surface area contributed by atoms with Gasteiger partial charge in [-0.3, -0.25) is 9.59 Å². The molecule has 0 aliphatic heterocycles. The molecule has 0 spiro atoms. The average Bonchev–Trinajstić information content (AvgIpc) is 2.94. The number of hydrogen-bond donors (Lipinski definition) is 1. The van der Waals surface area contributed by atoms with Crippen molar-refractivity contribution in [3.8, 4) is 0 Å². The zero-order valence-corrected chi connectivity index (χ0v) is 25.6. The fourth-order valence-corrected chi connectivity index (χ4v) is 4.46. The molecule has 0 saturated heterocycles. The summed E-state index contributed by atoms with van der Waals surface area (Å²) in [5.74, 6) is -0.606. The summed E-state index contributed by atoms with van der Waals surface area (Å²) in [7, 11) is 0. The van der Waals surface area contributed by atoms with Crippen LogP contribution in [0.4, 0.5) is 0 Å². The number of allylic oxidation sites excluding steroid dienone is 4. The lowest BCUT2D eigenvalue weighted by atomic mass is 10.1. The molecule has 5 heteroatoms. The minimum absolute atomic E-state index is 0.0669. The minimum Gasteiger partial charge on any atom is -0.462 e. The topological polar surface area (TPSA) is 72.8 Å². The monoisotopic (exact) mass is 550 g/mol. The van der Waals surface area contributed by atoms with Crippen LogP contribution in [0.2, 0.25) is 0 Å². The van der Waals surface area contributed by atoms with Gasteiger partial charge in [-0.2, -0.15) is 0 Å². The summed E-state index contributed by atoms with van der Waals surface area (Å²) in [5.41, 5.74) is 0. The molecule has 0 bridgehead atoms. The van der Waals surface area contributed by atoms with Crippen molar-refractivity contribution in [2.75, 3.05) is 13.2 Å². The Hall–Kier alpha value is -1.62. The number of hydrogen-bond acceptors (Lipinski definition) is 5. The Labute approximate surface area is 241 Å². The van der Waals surface area contributed by atoms with E-state index in [4.69, 9.17) is 9.47 Å². The number of aliphatic hydroxyl groups is 1. The van der Waals surface area contributed by atoms with Gasteiger partial charge in [0, 0.05) is 12.8 Å². The Balaban J connectivity index is 3.57. The standard InChI is InChI=1S/C34H62O5/c1-3-5-7-9-11-12-13-14-15-16-17-18-19-20-21-23-25-27-29-34(37)39-32(30-35)31-38-33(36)28-26-24-22-10-8-6-4-2/h12-13,15-16,32,35H,3-11,14,17-31H2,1-2H3/b13-12-,16-15-. The van der Waals surface area contributed by atoms with Crippen LogP contribution in [-0.4, -0.2) is 36.4 Å². The summed E-state index contributed by atoms with van der Waals surface area (Å²) in [5, 5.41) is 9.46. The van der Waals surface area contributed by atoms with E-state index >= 15 is 0 Å². The van der Waals surface area contributed by atoms with Crippen LogP contribution in [0.3, 0.4) is 0 Å². The Morgan fingerprint density at radius 2 is 1.03 bits per heavy atom. The minimum atomic E-state index is -0.767. The molecule has 0 aromatic carbocycles. The van der Waals surface area contributed by atoms with E-state index in [1.807, 2.05) is 0 Å². The average molecular weight is 551 g/mol. The summed E-state index contributed by atoms with van der Waals surface area (Å²) < 4.78 is 10.5. The predicted octanol–water partition coefficient (Wildman–Crippen LogP) is 9.56. The molecular weight excluding hydrogens is 488 g/mol. The molecule has 0 rings (SSSR count). The van der Waals surface area contributed by atoms with Gasteiger partial charge in [-0.25, -0.2) is 0 Å². The second kappa shape index (κ2) is 30.9. The van der Waals surface area contributed by atoms with Crippen LogP contribution in [0.1, 0.15) is 162 Å². The lowest BCUT2D eigenvalue weighted by Gasteiger charge is -2.15. The smallest absolute Gasteiger partial charge is 0.306 e. The summed E-state index contributed by atoms with van der Waals surface area (Å²) in [6.07, 6.45) is 33.8. The van der Waals surface area contributed by atoms with Crippen LogP contribution in [0, 0.1) is 0 Å². The van der Waals surface area contributed by atoms with Gasteiger partial charge in [0.25, 0.3) is 0 Å². The zero-order valence-electron chi connectivity index (χ0n) is 25.6. The van der Waals surface area contributed by atoms with E-state index in [1.165, 1.54) is 83.5 Å². The first kappa shape index (κ1) is 37.4. The fraction of sp³-hybridized carbons (Fsp3) is 0.824. The number of aliphatic hydroxyl groups excluding tert-OH is 1. The first-order valence-corrected chi connectivity index (χ1v) is 16.4. The molecule has 0 heterocycles. The fourth-order valence-electron chi connectivity index (χ4n) is 4.46. The summed E-state index contributed by atoms with van der Waals surface area (Å²) in [6, 6.07) is 0. The van der Waals surface area contributed by atoms with Gasteiger partial charge in [0.2, 0.25) is 0 Å². The molecule has 1 unspecified atom stereocenters. The van der Waals surface area contributed by atoms with E-state index < -0.39 is 6.10 Å². The maximum Gasteiger partial charge on any atom is 0.306 e. The molecule has 0 aliphatic rings. The Kier molecular flexibility index (Phi) is 29.6. The van der Waals surface area contributed by atoms with Gasteiger partial charge in [-0.15, -0.1) is 0 Å². The largest absolute Gasteiger partial charge is 0.462 e. The molecule has 1 atom stereocenters. The van der Waals surface area contributed by atoms with Crippen LogP contribution in [0.15, 0.2) is 24.3 Å². The normalized spacial score (nSPS) is 12.4. The number of ether oxygens (including phenoxy) is 2. The van der Waals surface area contributed by atoms with Gasteiger partial charge in [0.15, 0.2) is 6.10 Å². The Morgan fingerprint density at radius 1 is 0.590 bits per heavy atom. The Morgan fingerprint density at radius 3 is 1.54 bits per heavy atom. The van der Waals surface area contributed by atoms with Crippen molar-refractivity contribution < 1.29 is 24.2 Å². The van der Waals surface area contributed by atoms with E-state index in [2.05, 4.69) is 38.2 Å². The maximum atomic E-state index is 12.1. The molecule has 0 aromatic rings. The van der Waals surface area contributed by atoms with Gasteiger partial charge in [-0.1, -0.05) is 128 Å². The molecule has 0 saturated carbocycles. The predicted molar refractivity (Wildman–Crippen MR) is 164 cm³/mol. The first-order chi connectivity index (χ1) is 19.1. The van der Waals surface area contributed by atoms with Crippen molar-refractivity contribution in [2.45, 2.75) is 168 Å². The molecule has 228 valence electrons. The summed E-state index contributed by atoms with van der Waals surface area (Å²) in [6.45, 7) is 4.05. The van der Waals surface area contributed by atoms with Crippen molar-refractivity contribution in [3.63, 3.8) is 0 Å². The lowest BCUT2D eigenvalue weighted by molar-refractivity contribution is -0.161. The van der Waals surface area contributed by atoms with Crippen molar-refractivity contribution in [1.82, 2.24) is 0 Å². The highest BCUT2D eigenvalue weighted by atomic mass is 16.6. The van der Waals surface area contributed by atoms with Crippen LogP contribution in [0.25, 0.3) is 0 Å². The van der Waals surface area contributed by atoms with E-state index in [1.54, 1.807) is 0 Å². The lowest BCUT2D eigenvalue weighted by Crippen LogP contribution is -2.28. The van der Waals surface area contributed by atoms with E-state index in [9.17, 15) is 14.7 Å². The molecular formula is C34H62O5. The van der Waals surface area contributed by atoms with Crippen molar-refractivity contribution in [1.29, 1.82) is 0 Å². The SMILES string of the molecule is CCCCCC/C=C\C/C=C\CCCCCCCCCC(=O)OC(CO)COC(=O)CCCCCCCCC. The molecule has 0 aromatic heterocycles. The van der Waals surface area contributed by atoms with Gasteiger partial charge >= 0.3 is 11.9 Å². The number of carbonyl (C=O) groups excluding carboxylic acids is 2. The molecule has 5 nitrogen and oxygen atoms in total. The number of unbranched alkanes of at least 4 members (excludes halogenated alkanes) is 17. The highest BCUT2D eigenvalue weighted by Gasteiger charge is 2.16. The number of carbonyl (C=O) groups is 2. The van der Waals surface area contributed by atoms with E-state index in [0.717, 1.165) is 51.4 Å². The molecule has 0 aliphatic carbocycles. The third-order valence-electron chi connectivity index (χ3n) is 7.00. The molecule has 0 fully saturated rings. The Bertz CT molecular complexity index is 598. The van der Waals surface area contributed by atoms with Crippen LogP contribution in [0.5, 0.6) is 0 Å². The quantitative estimate of drug-likeness (QED) is 0.0570. The van der Waals surface area contributed by atoms with Crippen molar-refractivity contribution >= 4 is 11.9 Å². The maximum absolute atomic E-state index is 12.1. The van der Waals surface area contributed by atoms with Crippen LogP contribution in [-0.2, 0) is 19.1 Å². The van der Waals surface area contributed by atoms with Gasteiger partial charge in [0.05, 0.1) is 6.61 Å². The van der Waals surface area contributed by atoms with Crippen molar-refractivity contribution in [3.05, 3.63) is 24.3 Å². The number of esters is 2. The highest BCUT2D eigenvalue weighted by Crippen LogP contribution is 2.12. The van der Waals surface area contributed by atoms with Crippen LogP contribution >= 0.6 is 0 Å². The molecule has 39 heavy (non-hydrogen) atoms. The highest BCUT2D eigenvalue weighted by molar-refractivity contribution is 5.70.